The van der Waals surface area contributed by atoms with Crippen LogP contribution in [-0.4, -0.2) is 31.3 Å². The zero-order valence-electron chi connectivity index (χ0n) is 10.6. The highest BCUT2D eigenvalue weighted by atomic mass is 16.1. The maximum atomic E-state index is 11.1. The van der Waals surface area contributed by atoms with E-state index in [-0.39, 0.29) is 5.41 Å². The molecule has 1 saturated carbocycles. The Labute approximate surface area is 94.0 Å². The lowest BCUT2D eigenvalue weighted by Crippen LogP contribution is -2.35. The van der Waals surface area contributed by atoms with Crippen molar-refractivity contribution >= 4 is 6.29 Å². The predicted octanol–water partition coefficient (Wildman–Crippen LogP) is 2.58. The molecular formula is C13H25NO. The largest absolute Gasteiger partial charge is 0.305 e. The van der Waals surface area contributed by atoms with E-state index in [0.29, 0.717) is 0 Å². The van der Waals surface area contributed by atoms with E-state index in [1.807, 2.05) is 0 Å². The van der Waals surface area contributed by atoms with E-state index < -0.39 is 0 Å². The third-order valence-corrected chi connectivity index (χ3v) is 3.56. The van der Waals surface area contributed by atoms with Crippen molar-refractivity contribution in [1.29, 1.82) is 0 Å². The monoisotopic (exact) mass is 211 g/mol. The molecule has 3 atom stereocenters. The van der Waals surface area contributed by atoms with Crippen molar-refractivity contribution in [2.45, 2.75) is 40.0 Å². The van der Waals surface area contributed by atoms with Crippen molar-refractivity contribution in [3.63, 3.8) is 0 Å². The van der Waals surface area contributed by atoms with Crippen LogP contribution in [0.3, 0.4) is 0 Å². The van der Waals surface area contributed by atoms with Gasteiger partial charge in [-0.05, 0) is 31.7 Å². The van der Waals surface area contributed by atoms with Crippen molar-refractivity contribution in [2.75, 3.05) is 20.1 Å². The Bertz CT molecular complexity index is 217. The minimum atomic E-state index is -0.137. The van der Waals surface area contributed by atoms with Crippen LogP contribution < -0.4 is 0 Å². The molecule has 1 aliphatic rings. The molecule has 0 aliphatic heterocycles. The fraction of sp³-hybridized carbons (Fsp3) is 0.923. The highest BCUT2D eigenvalue weighted by molar-refractivity contribution is 5.58. The Hall–Kier alpha value is -0.370. The van der Waals surface area contributed by atoms with E-state index in [1.54, 1.807) is 0 Å². The first-order valence-corrected chi connectivity index (χ1v) is 6.15. The molecule has 88 valence electrons. The van der Waals surface area contributed by atoms with Gasteiger partial charge in [0.1, 0.15) is 6.29 Å². The third kappa shape index (κ3) is 3.94. The molecule has 0 aromatic rings. The molecule has 0 bridgehead atoms. The van der Waals surface area contributed by atoms with Gasteiger partial charge in [-0.3, -0.25) is 0 Å². The van der Waals surface area contributed by atoms with Crippen LogP contribution >= 0.6 is 0 Å². The summed E-state index contributed by atoms with van der Waals surface area (Å²) in [6.07, 6.45) is 4.60. The molecule has 3 unspecified atom stereocenters. The number of hydrogen-bond acceptors (Lipinski definition) is 2. The van der Waals surface area contributed by atoms with Gasteiger partial charge in [0.05, 0.1) is 0 Å². The highest BCUT2D eigenvalue weighted by Gasteiger charge is 2.34. The molecule has 0 aromatic heterocycles. The van der Waals surface area contributed by atoms with Gasteiger partial charge in [-0.2, -0.15) is 0 Å². The maximum Gasteiger partial charge on any atom is 0.127 e. The average molecular weight is 211 g/mol. The number of rotatable bonds is 7. The standard InChI is InChI=1S/C13H25NO/c1-5-6-13(3,10-15)9-14(4)8-12-7-11(12)2/h10-12H,5-9H2,1-4H3. The molecule has 0 heterocycles. The van der Waals surface area contributed by atoms with Gasteiger partial charge in [0, 0.05) is 18.5 Å². The van der Waals surface area contributed by atoms with Crippen LogP contribution in [0.5, 0.6) is 0 Å². The number of hydrogen-bond donors (Lipinski definition) is 0. The molecule has 0 spiro atoms. The summed E-state index contributed by atoms with van der Waals surface area (Å²) in [4.78, 5) is 13.4. The lowest BCUT2D eigenvalue weighted by atomic mass is 9.87. The van der Waals surface area contributed by atoms with Crippen LogP contribution in [0.25, 0.3) is 0 Å². The number of nitrogens with zero attached hydrogens (tertiary/aromatic N) is 1. The number of carbonyl (C=O) groups is 1. The summed E-state index contributed by atoms with van der Waals surface area (Å²) in [6, 6.07) is 0. The molecule has 0 radical (unpaired) electrons. The summed E-state index contributed by atoms with van der Waals surface area (Å²) in [6.45, 7) is 8.60. The highest BCUT2D eigenvalue weighted by Crippen LogP contribution is 2.38. The first kappa shape index (κ1) is 12.7. The van der Waals surface area contributed by atoms with Gasteiger partial charge in [-0.15, -0.1) is 0 Å². The Morgan fingerprint density at radius 3 is 2.53 bits per heavy atom. The summed E-state index contributed by atoms with van der Waals surface area (Å²) in [5, 5.41) is 0. The van der Waals surface area contributed by atoms with Gasteiger partial charge in [0.15, 0.2) is 0 Å². The van der Waals surface area contributed by atoms with Crippen LogP contribution in [0, 0.1) is 17.3 Å². The van der Waals surface area contributed by atoms with E-state index in [0.717, 1.165) is 44.1 Å². The van der Waals surface area contributed by atoms with Gasteiger partial charge in [0.25, 0.3) is 0 Å². The molecule has 0 saturated heterocycles. The smallest absolute Gasteiger partial charge is 0.127 e. The normalized spacial score (nSPS) is 28.9. The van der Waals surface area contributed by atoms with Gasteiger partial charge >= 0.3 is 0 Å². The molecule has 1 rings (SSSR count). The fourth-order valence-corrected chi connectivity index (χ4v) is 2.48. The zero-order chi connectivity index (χ0) is 11.5. The second kappa shape index (κ2) is 5.11. The molecule has 0 amide bonds. The van der Waals surface area contributed by atoms with E-state index in [2.05, 4.69) is 32.7 Å². The molecule has 0 aromatic carbocycles. The molecule has 2 nitrogen and oxygen atoms in total. The first-order valence-electron chi connectivity index (χ1n) is 6.15. The molecular weight excluding hydrogens is 186 g/mol. The number of aldehydes is 1. The predicted molar refractivity (Wildman–Crippen MR) is 63.8 cm³/mol. The van der Waals surface area contributed by atoms with E-state index in [9.17, 15) is 4.79 Å². The van der Waals surface area contributed by atoms with Gasteiger partial charge < -0.3 is 9.69 Å². The topological polar surface area (TPSA) is 20.3 Å². The van der Waals surface area contributed by atoms with Crippen LogP contribution in [0.1, 0.15) is 40.0 Å². The van der Waals surface area contributed by atoms with Gasteiger partial charge in [-0.25, -0.2) is 0 Å². The lowest BCUT2D eigenvalue weighted by molar-refractivity contribution is -0.116. The second-order valence-electron chi connectivity index (χ2n) is 5.69. The summed E-state index contributed by atoms with van der Waals surface area (Å²) < 4.78 is 0. The molecule has 1 aliphatic carbocycles. The maximum absolute atomic E-state index is 11.1. The molecule has 1 fully saturated rings. The number of carbonyl (C=O) groups excluding carboxylic acids is 1. The van der Waals surface area contributed by atoms with Crippen molar-refractivity contribution in [3.8, 4) is 0 Å². The zero-order valence-corrected chi connectivity index (χ0v) is 10.6. The van der Waals surface area contributed by atoms with Gasteiger partial charge in [0.2, 0.25) is 0 Å². The van der Waals surface area contributed by atoms with Crippen molar-refractivity contribution in [1.82, 2.24) is 4.90 Å². The van der Waals surface area contributed by atoms with Crippen molar-refractivity contribution < 1.29 is 4.79 Å². The Morgan fingerprint density at radius 2 is 2.13 bits per heavy atom. The van der Waals surface area contributed by atoms with Crippen LogP contribution in [-0.2, 0) is 4.79 Å². The van der Waals surface area contributed by atoms with E-state index in [4.69, 9.17) is 0 Å². The Kier molecular flexibility index (Phi) is 4.32. The van der Waals surface area contributed by atoms with Crippen molar-refractivity contribution in [3.05, 3.63) is 0 Å². The minimum Gasteiger partial charge on any atom is -0.305 e. The summed E-state index contributed by atoms with van der Waals surface area (Å²) in [5.74, 6) is 1.79. The van der Waals surface area contributed by atoms with E-state index in [1.165, 1.54) is 6.42 Å². The second-order valence-corrected chi connectivity index (χ2v) is 5.69. The summed E-state index contributed by atoms with van der Waals surface area (Å²) in [7, 11) is 2.14. The molecule has 15 heavy (non-hydrogen) atoms. The third-order valence-electron chi connectivity index (χ3n) is 3.56. The first-order chi connectivity index (χ1) is 7.00. The SMILES string of the molecule is CCCC(C)(C=O)CN(C)CC1CC1C. The molecule has 0 N–H and O–H groups in total. The van der Waals surface area contributed by atoms with Gasteiger partial charge in [-0.1, -0.05) is 27.2 Å². The fourth-order valence-electron chi connectivity index (χ4n) is 2.48. The van der Waals surface area contributed by atoms with Crippen molar-refractivity contribution in [2.24, 2.45) is 17.3 Å². The Morgan fingerprint density at radius 1 is 1.53 bits per heavy atom. The van der Waals surface area contributed by atoms with Crippen LogP contribution in [0.4, 0.5) is 0 Å². The van der Waals surface area contributed by atoms with Crippen LogP contribution in [0.2, 0.25) is 0 Å². The lowest BCUT2D eigenvalue weighted by Gasteiger charge is -2.28. The molecule has 2 heteroatoms. The minimum absolute atomic E-state index is 0.137. The van der Waals surface area contributed by atoms with Crippen LogP contribution in [0.15, 0.2) is 0 Å². The Balaban J connectivity index is 2.33. The van der Waals surface area contributed by atoms with E-state index >= 15 is 0 Å². The average Bonchev–Trinajstić information content (AvgIpc) is 2.81. The quantitative estimate of drug-likeness (QED) is 0.603. The summed E-state index contributed by atoms with van der Waals surface area (Å²) in [5.41, 5.74) is -0.137. The summed E-state index contributed by atoms with van der Waals surface area (Å²) >= 11 is 0.